The van der Waals surface area contributed by atoms with Crippen LogP contribution in [0.3, 0.4) is 0 Å². The third-order valence-corrected chi connectivity index (χ3v) is 2.79. The SMILES string of the molecule is CNC(Cn1nc(C)c(C)c1C)C(N)=O. The second-order valence-corrected chi connectivity index (χ2v) is 3.72. The maximum absolute atomic E-state index is 11.1. The fourth-order valence-corrected chi connectivity index (χ4v) is 1.46. The minimum absolute atomic E-state index is 0.359. The van der Waals surface area contributed by atoms with Crippen LogP contribution in [0, 0.1) is 20.8 Å². The Morgan fingerprint density at radius 3 is 2.47 bits per heavy atom. The highest BCUT2D eigenvalue weighted by Gasteiger charge is 2.16. The van der Waals surface area contributed by atoms with Gasteiger partial charge in [0.05, 0.1) is 12.2 Å². The summed E-state index contributed by atoms with van der Waals surface area (Å²) in [4.78, 5) is 11.1. The molecule has 3 N–H and O–H groups in total. The number of aromatic nitrogens is 2. The van der Waals surface area contributed by atoms with E-state index in [1.54, 1.807) is 7.05 Å². The van der Waals surface area contributed by atoms with E-state index in [2.05, 4.69) is 10.4 Å². The predicted molar refractivity (Wildman–Crippen MR) is 58.5 cm³/mol. The Kier molecular flexibility index (Phi) is 3.47. The number of nitrogens with two attached hydrogens (primary N) is 1. The summed E-state index contributed by atoms with van der Waals surface area (Å²) in [5.74, 6) is -0.359. The van der Waals surface area contributed by atoms with Gasteiger partial charge in [0.1, 0.15) is 6.04 Å². The van der Waals surface area contributed by atoms with Crippen molar-refractivity contribution in [3.8, 4) is 0 Å². The van der Waals surface area contributed by atoms with Crippen LogP contribution in [0.25, 0.3) is 0 Å². The highest BCUT2D eigenvalue weighted by molar-refractivity contribution is 5.79. The minimum atomic E-state index is -0.373. The number of amides is 1. The first-order valence-electron chi connectivity index (χ1n) is 4.94. The first-order valence-corrected chi connectivity index (χ1v) is 4.94. The average molecular weight is 210 g/mol. The second kappa shape index (κ2) is 4.44. The van der Waals surface area contributed by atoms with Crippen LogP contribution in [-0.2, 0) is 11.3 Å². The van der Waals surface area contributed by atoms with Crippen LogP contribution >= 0.6 is 0 Å². The van der Waals surface area contributed by atoms with E-state index in [1.807, 2.05) is 25.5 Å². The highest BCUT2D eigenvalue weighted by atomic mass is 16.1. The van der Waals surface area contributed by atoms with Crippen LogP contribution in [0.5, 0.6) is 0 Å². The molecule has 15 heavy (non-hydrogen) atoms. The van der Waals surface area contributed by atoms with Gasteiger partial charge in [0.25, 0.3) is 0 Å². The molecule has 1 amide bonds. The van der Waals surface area contributed by atoms with E-state index in [0.29, 0.717) is 6.54 Å². The molecular weight excluding hydrogens is 192 g/mol. The van der Waals surface area contributed by atoms with Crippen molar-refractivity contribution >= 4 is 5.91 Å². The number of likely N-dealkylation sites (N-methyl/N-ethyl adjacent to an activating group) is 1. The van der Waals surface area contributed by atoms with Crippen LogP contribution in [0.2, 0.25) is 0 Å². The number of hydrogen-bond donors (Lipinski definition) is 2. The Balaban J connectivity index is 2.88. The number of aryl methyl sites for hydroxylation is 1. The number of rotatable bonds is 4. The number of hydrogen-bond acceptors (Lipinski definition) is 3. The summed E-state index contributed by atoms with van der Waals surface area (Å²) in [6, 6.07) is -0.373. The summed E-state index contributed by atoms with van der Waals surface area (Å²) in [6.07, 6.45) is 0. The number of nitrogens with one attached hydrogen (secondary N) is 1. The zero-order valence-electron chi connectivity index (χ0n) is 9.66. The van der Waals surface area contributed by atoms with Gasteiger partial charge in [-0.2, -0.15) is 5.10 Å². The molecule has 1 aromatic rings. The minimum Gasteiger partial charge on any atom is -0.368 e. The Bertz CT molecular complexity index is 370. The van der Waals surface area contributed by atoms with Crippen molar-refractivity contribution in [1.29, 1.82) is 0 Å². The molecule has 5 nitrogen and oxygen atoms in total. The van der Waals surface area contributed by atoms with E-state index in [-0.39, 0.29) is 11.9 Å². The molecule has 84 valence electrons. The molecule has 1 heterocycles. The van der Waals surface area contributed by atoms with Gasteiger partial charge < -0.3 is 11.1 Å². The molecule has 0 aliphatic rings. The monoisotopic (exact) mass is 210 g/mol. The lowest BCUT2D eigenvalue weighted by molar-refractivity contribution is -0.120. The standard InChI is InChI=1S/C10H18N4O/c1-6-7(2)13-14(8(6)3)5-9(12-4)10(11)15/h9,12H,5H2,1-4H3,(H2,11,15). The van der Waals surface area contributed by atoms with Crippen molar-refractivity contribution in [2.75, 3.05) is 7.05 Å². The van der Waals surface area contributed by atoms with E-state index in [9.17, 15) is 4.79 Å². The summed E-state index contributed by atoms with van der Waals surface area (Å²) in [5, 5.41) is 7.22. The number of carbonyl (C=O) groups excluding carboxylic acids is 1. The average Bonchev–Trinajstić information content (AvgIpc) is 2.42. The molecule has 5 heteroatoms. The maximum Gasteiger partial charge on any atom is 0.236 e. The molecule has 0 bridgehead atoms. The Labute approximate surface area is 89.6 Å². The first kappa shape index (κ1) is 11.7. The normalized spacial score (nSPS) is 12.8. The van der Waals surface area contributed by atoms with Gasteiger partial charge in [0, 0.05) is 5.69 Å². The van der Waals surface area contributed by atoms with Gasteiger partial charge >= 0.3 is 0 Å². The van der Waals surface area contributed by atoms with Crippen LogP contribution in [-0.4, -0.2) is 28.8 Å². The van der Waals surface area contributed by atoms with Crippen LogP contribution in [0.4, 0.5) is 0 Å². The lowest BCUT2D eigenvalue weighted by Gasteiger charge is -2.13. The summed E-state index contributed by atoms with van der Waals surface area (Å²) >= 11 is 0. The van der Waals surface area contributed by atoms with Gasteiger partial charge in [-0.3, -0.25) is 9.48 Å². The molecule has 1 aromatic heterocycles. The van der Waals surface area contributed by atoms with E-state index in [4.69, 9.17) is 5.73 Å². The first-order chi connectivity index (χ1) is 6.97. The smallest absolute Gasteiger partial charge is 0.236 e. The van der Waals surface area contributed by atoms with Gasteiger partial charge in [-0.05, 0) is 33.4 Å². The van der Waals surface area contributed by atoms with Crippen LogP contribution in [0.15, 0.2) is 0 Å². The molecule has 0 aromatic carbocycles. The topological polar surface area (TPSA) is 72.9 Å². The van der Waals surface area contributed by atoms with Crippen LogP contribution in [0.1, 0.15) is 17.0 Å². The van der Waals surface area contributed by atoms with Gasteiger partial charge in [-0.1, -0.05) is 0 Å². The van der Waals surface area contributed by atoms with E-state index in [1.165, 1.54) is 0 Å². The summed E-state index contributed by atoms with van der Waals surface area (Å²) in [5.41, 5.74) is 8.48. The number of primary amides is 1. The summed E-state index contributed by atoms with van der Waals surface area (Å²) in [7, 11) is 1.72. The van der Waals surface area contributed by atoms with Crippen molar-refractivity contribution in [1.82, 2.24) is 15.1 Å². The van der Waals surface area contributed by atoms with Crippen molar-refractivity contribution in [2.45, 2.75) is 33.4 Å². The third-order valence-electron chi connectivity index (χ3n) is 2.79. The van der Waals surface area contributed by atoms with E-state index in [0.717, 1.165) is 17.0 Å². The molecule has 1 atom stereocenters. The largest absolute Gasteiger partial charge is 0.368 e. The Hall–Kier alpha value is -1.36. The van der Waals surface area contributed by atoms with E-state index >= 15 is 0 Å². The molecule has 1 rings (SSSR count). The van der Waals surface area contributed by atoms with Gasteiger partial charge in [-0.25, -0.2) is 0 Å². The van der Waals surface area contributed by atoms with Crippen molar-refractivity contribution < 1.29 is 4.79 Å². The molecule has 0 saturated carbocycles. The zero-order valence-corrected chi connectivity index (χ0v) is 9.66. The second-order valence-electron chi connectivity index (χ2n) is 3.72. The van der Waals surface area contributed by atoms with Crippen molar-refractivity contribution in [3.63, 3.8) is 0 Å². The quantitative estimate of drug-likeness (QED) is 0.727. The molecular formula is C10H18N4O. The van der Waals surface area contributed by atoms with Crippen LogP contribution < -0.4 is 11.1 Å². The fraction of sp³-hybridized carbons (Fsp3) is 0.600. The Morgan fingerprint density at radius 2 is 2.13 bits per heavy atom. The molecule has 0 aliphatic carbocycles. The zero-order chi connectivity index (χ0) is 11.6. The van der Waals surface area contributed by atoms with E-state index < -0.39 is 0 Å². The molecule has 0 spiro atoms. The maximum atomic E-state index is 11.1. The number of nitrogens with zero attached hydrogens (tertiary/aromatic N) is 2. The molecule has 0 radical (unpaired) electrons. The highest BCUT2D eigenvalue weighted by Crippen LogP contribution is 2.11. The fourth-order valence-electron chi connectivity index (χ4n) is 1.46. The Morgan fingerprint density at radius 1 is 1.53 bits per heavy atom. The van der Waals surface area contributed by atoms with Gasteiger partial charge in [0.15, 0.2) is 0 Å². The lowest BCUT2D eigenvalue weighted by atomic mass is 10.2. The predicted octanol–water partition coefficient (Wildman–Crippen LogP) is -0.118. The summed E-state index contributed by atoms with van der Waals surface area (Å²) in [6.45, 7) is 6.44. The summed E-state index contributed by atoms with van der Waals surface area (Å²) < 4.78 is 1.82. The van der Waals surface area contributed by atoms with Crippen molar-refractivity contribution in [3.05, 3.63) is 17.0 Å². The molecule has 1 unspecified atom stereocenters. The molecule has 0 aliphatic heterocycles. The number of carbonyl (C=O) groups is 1. The third kappa shape index (κ3) is 2.36. The van der Waals surface area contributed by atoms with Crippen molar-refractivity contribution in [2.24, 2.45) is 5.73 Å². The lowest BCUT2D eigenvalue weighted by Crippen LogP contribution is -2.42. The molecule has 0 fully saturated rings. The molecule has 0 saturated heterocycles. The van der Waals surface area contributed by atoms with Gasteiger partial charge in [0.2, 0.25) is 5.91 Å². The van der Waals surface area contributed by atoms with Gasteiger partial charge in [-0.15, -0.1) is 0 Å².